The van der Waals surface area contributed by atoms with Crippen molar-refractivity contribution in [1.29, 1.82) is 0 Å². The van der Waals surface area contributed by atoms with Crippen molar-refractivity contribution in [1.82, 2.24) is 10.2 Å². The monoisotopic (exact) mass is 429 g/mol. The molecule has 2 atom stereocenters. The Morgan fingerprint density at radius 3 is 2.60 bits per heavy atom. The smallest absolute Gasteiger partial charge is 0.269 e. The standard InChI is InChI=1S/C20H23N5O4S/c1-11(2)16(15-9-12(3)10-29-15)22-19-18(23-30(28)24-19)21-14-8-6-7-13(17(14)26)20(27)25(4)5/h6-10,16,26H,1H2,2-5H3,(H,21,23)(H,22,24)/t16-,30?/m1/s1. The highest BCUT2D eigenvalue weighted by atomic mass is 32.2. The van der Waals surface area contributed by atoms with Gasteiger partial charge in [0.1, 0.15) is 11.8 Å². The molecule has 1 aromatic carbocycles. The van der Waals surface area contributed by atoms with Gasteiger partial charge in [-0.25, -0.2) is 4.21 Å². The zero-order valence-corrected chi connectivity index (χ0v) is 17.9. The summed E-state index contributed by atoms with van der Waals surface area (Å²) in [6, 6.07) is 6.16. The van der Waals surface area contributed by atoms with Gasteiger partial charge < -0.3 is 25.1 Å². The van der Waals surface area contributed by atoms with Gasteiger partial charge in [0.25, 0.3) is 17.1 Å². The number of benzene rings is 1. The third kappa shape index (κ3) is 4.43. The summed E-state index contributed by atoms with van der Waals surface area (Å²) < 4.78 is 25.5. The molecular weight excluding hydrogens is 406 g/mol. The van der Waals surface area contributed by atoms with E-state index in [1.54, 1.807) is 32.5 Å². The van der Waals surface area contributed by atoms with Crippen LogP contribution < -0.4 is 10.6 Å². The molecule has 1 aliphatic heterocycles. The molecule has 9 nitrogen and oxygen atoms in total. The third-order valence-electron chi connectivity index (χ3n) is 4.30. The Morgan fingerprint density at radius 1 is 1.30 bits per heavy atom. The molecule has 0 bridgehead atoms. The third-order valence-corrected chi connectivity index (χ3v) is 4.98. The van der Waals surface area contributed by atoms with E-state index < -0.39 is 17.2 Å². The predicted molar refractivity (Wildman–Crippen MR) is 117 cm³/mol. The number of amidine groups is 2. The van der Waals surface area contributed by atoms with Crippen molar-refractivity contribution in [2.75, 3.05) is 19.4 Å². The number of phenolic OH excluding ortho intramolecular Hbond substituents is 1. The highest BCUT2D eigenvalue weighted by Crippen LogP contribution is 2.29. The number of carbonyl (C=O) groups excluding carboxylic acids is 1. The molecule has 0 fully saturated rings. The van der Waals surface area contributed by atoms with Gasteiger partial charge in [0.05, 0.1) is 17.5 Å². The number of furan rings is 1. The zero-order valence-electron chi connectivity index (χ0n) is 17.1. The second-order valence-corrected chi connectivity index (χ2v) is 7.91. The number of nitrogens with zero attached hydrogens (tertiary/aromatic N) is 3. The molecule has 2 aromatic rings. The SMILES string of the molecule is C=C(C)[C@@H](NC1=NS(=O)N=C1Nc1cccc(C(=O)N(C)C)c1O)c1cc(C)co1. The highest BCUT2D eigenvalue weighted by molar-refractivity contribution is 7.83. The molecule has 1 aliphatic rings. The molecule has 0 spiro atoms. The summed E-state index contributed by atoms with van der Waals surface area (Å²) in [5.74, 6) is 0.414. The van der Waals surface area contributed by atoms with Crippen molar-refractivity contribution in [2.24, 2.45) is 8.80 Å². The normalized spacial score (nSPS) is 16.5. The van der Waals surface area contributed by atoms with Crippen molar-refractivity contribution in [3.05, 3.63) is 59.6 Å². The first-order valence-corrected chi connectivity index (χ1v) is 10.1. The molecule has 1 aromatic heterocycles. The van der Waals surface area contributed by atoms with E-state index >= 15 is 0 Å². The van der Waals surface area contributed by atoms with Gasteiger partial charge >= 0.3 is 0 Å². The number of aryl methyl sites for hydroxylation is 1. The van der Waals surface area contributed by atoms with E-state index in [0.29, 0.717) is 5.76 Å². The van der Waals surface area contributed by atoms with E-state index in [0.717, 1.165) is 11.1 Å². The summed E-state index contributed by atoms with van der Waals surface area (Å²) in [6.07, 6.45) is 1.63. The van der Waals surface area contributed by atoms with Crippen LogP contribution in [0.5, 0.6) is 5.75 Å². The predicted octanol–water partition coefficient (Wildman–Crippen LogP) is 2.70. The number of para-hydroxylation sites is 1. The molecule has 0 aliphatic carbocycles. The lowest BCUT2D eigenvalue weighted by atomic mass is 10.1. The average Bonchev–Trinajstić information content (AvgIpc) is 3.25. The Labute approximate surface area is 176 Å². The van der Waals surface area contributed by atoms with Gasteiger partial charge in [-0.1, -0.05) is 18.2 Å². The van der Waals surface area contributed by atoms with Crippen LogP contribution in [0.1, 0.15) is 34.6 Å². The maximum Gasteiger partial charge on any atom is 0.269 e. The Hall–Kier alpha value is -3.40. The van der Waals surface area contributed by atoms with E-state index in [4.69, 9.17) is 4.42 Å². The molecule has 10 heteroatoms. The molecule has 30 heavy (non-hydrogen) atoms. The van der Waals surface area contributed by atoms with Crippen molar-refractivity contribution in [2.45, 2.75) is 19.9 Å². The van der Waals surface area contributed by atoms with Crippen LogP contribution in [0.25, 0.3) is 0 Å². The minimum Gasteiger partial charge on any atom is -0.505 e. The fourth-order valence-corrected chi connectivity index (χ4v) is 3.43. The van der Waals surface area contributed by atoms with E-state index in [2.05, 4.69) is 26.0 Å². The summed E-state index contributed by atoms with van der Waals surface area (Å²) in [6.45, 7) is 7.71. The average molecular weight is 430 g/mol. The lowest BCUT2D eigenvalue weighted by Crippen LogP contribution is -2.37. The minimum atomic E-state index is -1.83. The van der Waals surface area contributed by atoms with Gasteiger partial charge in [0.15, 0.2) is 17.4 Å². The fourth-order valence-electron chi connectivity index (χ4n) is 2.80. The summed E-state index contributed by atoms with van der Waals surface area (Å²) in [4.78, 5) is 13.6. The molecule has 0 saturated carbocycles. The number of aromatic hydroxyl groups is 1. The molecule has 0 radical (unpaired) electrons. The van der Waals surface area contributed by atoms with Gasteiger partial charge in [0, 0.05) is 14.1 Å². The summed E-state index contributed by atoms with van der Waals surface area (Å²) in [7, 11) is 3.18. The van der Waals surface area contributed by atoms with Crippen molar-refractivity contribution in [3.8, 4) is 5.75 Å². The maximum absolute atomic E-state index is 12.3. The lowest BCUT2D eigenvalue weighted by Gasteiger charge is -2.19. The first-order chi connectivity index (χ1) is 14.2. The van der Waals surface area contributed by atoms with Crippen molar-refractivity contribution >= 4 is 34.4 Å². The Morgan fingerprint density at radius 2 is 2.00 bits per heavy atom. The number of amides is 1. The van der Waals surface area contributed by atoms with Crippen LogP contribution in [0.4, 0.5) is 5.69 Å². The van der Waals surface area contributed by atoms with Crippen LogP contribution in [0.3, 0.4) is 0 Å². The Balaban J connectivity index is 1.87. The molecule has 2 heterocycles. The van der Waals surface area contributed by atoms with Crippen LogP contribution in [-0.2, 0) is 11.2 Å². The van der Waals surface area contributed by atoms with Crippen LogP contribution in [0.2, 0.25) is 0 Å². The number of carbonyl (C=O) groups is 1. The summed E-state index contributed by atoms with van der Waals surface area (Å²) in [5, 5.41) is 16.6. The van der Waals surface area contributed by atoms with Crippen molar-refractivity contribution < 1.29 is 18.5 Å². The van der Waals surface area contributed by atoms with Crippen LogP contribution in [0.15, 0.2) is 55.9 Å². The minimum absolute atomic E-state index is 0.127. The van der Waals surface area contributed by atoms with Gasteiger partial charge in [-0.3, -0.25) is 4.79 Å². The highest BCUT2D eigenvalue weighted by Gasteiger charge is 2.26. The van der Waals surface area contributed by atoms with Gasteiger partial charge in [0.2, 0.25) is 0 Å². The molecule has 3 N–H and O–H groups in total. The number of nitrogens with one attached hydrogen (secondary N) is 2. The second kappa shape index (κ2) is 8.54. The molecule has 1 unspecified atom stereocenters. The zero-order chi connectivity index (χ0) is 22.0. The number of phenols is 1. The maximum atomic E-state index is 12.3. The number of anilines is 1. The molecule has 0 saturated heterocycles. The van der Waals surface area contributed by atoms with Crippen LogP contribution in [0, 0.1) is 6.92 Å². The quantitative estimate of drug-likeness (QED) is 0.497. The van der Waals surface area contributed by atoms with Crippen molar-refractivity contribution in [3.63, 3.8) is 0 Å². The molecule has 1 amide bonds. The van der Waals surface area contributed by atoms with E-state index in [1.165, 1.54) is 11.0 Å². The number of rotatable bonds is 5. The summed E-state index contributed by atoms with van der Waals surface area (Å²) in [5.41, 5.74) is 2.07. The Kier molecular flexibility index (Phi) is 6.06. The fraction of sp³-hybridized carbons (Fsp3) is 0.250. The first kappa shape index (κ1) is 21.3. The number of hydrogen-bond donors (Lipinski definition) is 3. The Bertz CT molecular complexity index is 1090. The van der Waals surface area contributed by atoms with Crippen LogP contribution >= 0.6 is 0 Å². The lowest BCUT2D eigenvalue weighted by molar-refractivity contribution is 0.0824. The van der Waals surface area contributed by atoms with E-state index in [-0.39, 0.29) is 34.6 Å². The van der Waals surface area contributed by atoms with Gasteiger partial charge in [-0.2, -0.15) is 0 Å². The topological polar surface area (TPSA) is 120 Å². The molecule has 158 valence electrons. The summed E-state index contributed by atoms with van der Waals surface area (Å²) >= 11 is -1.83. The van der Waals surface area contributed by atoms with Crippen LogP contribution in [-0.4, -0.2) is 45.9 Å². The number of hydrogen-bond acceptors (Lipinski definition) is 6. The van der Waals surface area contributed by atoms with Gasteiger partial charge in [-0.15, -0.1) is 8.80 Å². The largest absolute Gasteiger partial charge is 0.505 e. The van der Waals surface area contributed by atoms with Gasteiger partial charge in [-0.05, 0) is 37.6 Å². The molecular formula is C20H23N5O4S. The molecule has 3 rings (SSSR count). The van der Waals surface area contributed by atoms with E-state index in [9.17, 15) is 14.1 Å². The van der Waals surface area contributed by atoms with E-state index in [1.807, 2.05) is 19.9 Å². The second-order valence-electron chi connectivity index (χ2n) is 7.09. The first-order valence-electron chi connectivity index (χ1n) is 9.04.